The molecule has 0 aliphatic rings. The summed E-state index contributed by atoms with van der Waals surface area (Å²) in [6.07, 6.45) is 1.98. The smallest absolute Gasteiger partial charge is 0.133 e. The number of anilines is 1. The number of hydrogen-bond donors (Lipinski definition) is 1. The van der Waals surface area contributed by atoms with Crippen LogP contribution in [0.3, 0.4) is 0 Å². The van der Waals surface area contributed by atoms with Crippen LogP contribution in [0, 0.1) is 0 Å². The van der Waals surface area contributed by atoms with E-state index in [2.05, 4.69) is 55.3 Å². The molecule has 0 amide bonds. The lowest BCUT2D eigenvalue weighted by Gasteiger charge is -2.21. The summed E-state index contributed by atoms with van der Waals surface area (Å²) >= 11 is 0. The third kappa shape index (κ3) is 1.75. The molecule has 0 atom stereocenters. The zero-order valence-corrected chi connectivity index (χ0v) is 10.3. The van der Waals surface area contributed by atoms with Gasteiger partial charge in [-0.3, -0.25) is 0 Å². The molecule has 2 nitrogen and oxygen atoms in total. The molecule has 0 saturated carbocycles. The number of benzene rings is 1. The van der Waals surface area contributed by atoms with Crippen molar-refractivity contribution in [1.82, 2.24) is 4.98 Å². The fourth-order valence-electron chi connectivity index (χ4n) is 1.99. The summed E-state index contributed by atoms with van der Waals surface area (Å²) in [5.41, 5.74) is 1.42. The van der Waals surface area contributed by atoms with Gasteiger partial charge in [-0.05, 0) is 16.4 Å². The van der Waals surface area contributed by atoms with Gasteiger partial charge in [0.05, 0.1) is 0 Å². The van der Waals surface area contributed by atoms with Crippen molar-refractivity contribution < 1.29 is 0 Å². The third-order valence-corrected chi connectivity index (χ3v) is 2.84. The lowest BCUT2D eigenvalue weighted by atomic mass is 9.85. The summed E-state index contributed by atoms with van der Waals surface area (Å²) in [4.78, 5) is 4.48. The van der Waals surface area contributed by atoms with E-state index in [4.69, 9.17) is 0 Å². The molecule has 0 bridgehead atoms. The van der Waals surface area contributed by atoms with Gasteiger partial charge in [0.1, 0.15) is 5.82 Å². The molecule has 2 rings (SSSR count). The highest BCUT2D eigenvalue weighted by Gasteiger charge is 2.18. The normalized spacial score (nSPS) is 11.8. The second kappa shape index (κ2) is 3.78. The fourth-order valence-corrected chi connectivity index (χ4v) is 1.99. The Balaban J connectivity index is 2.80. The van der Waals surface area contributed by atoms with Gasteiger partial charge in [0, 0.05) is 18.6 Å². The minimum Gasteiger partial charge on any atom is -0.373 e. The van der Waals surface area contributed by atoms with Crippen LogP contribution in [-0.4, -0.2) is 12.0 Å². The Hall–Kier alpha value is -1.57. The van der Waals surface area contributed by atoms with Gasteiger partial charge in [-0.25, -0.2) is 4.98 Å². The van der Waals surface area contributed by atoms with E-state index in [-0.39, 0.29) is 5.41 Å². The molecule has 84 valence electrons. The second-order valence-corrected chi connectivity index (χ2v) is 5.07. The molecule has 1 aromatic heterocycles. The zero-order chi connectivity index (χ0) is 11.8. The van der Waals surface area contributed by atoms with Gasteiger partial charge in [0.15, 0.2) is 0 Å². The number of rotatable bonds is 1. The van der Waals surface area contributed by atoms with Crippen LogP contribution in [0.25, 0.3) is 10.8 Å². The van der Waals surface area contributed by atoms with Crippen LogP contribution in [0.15, 0.2) is 30.5 Å². The van der Waals surface area contributed by atoms with E-state index < -0.39 is 0 Å². The molecule has 0 radical (unpaired) electrons. The number of nitrogens with zero attached hydrogens (tertiary/aromatic N) is 1. The summed E-state index contributed by atoms with van der Waals surface area (Å²) in [7, 11) is 1.91. The molecule has 1 aromatic carbocycles. The molecule has 1 heterocycles. The second-order valence-electron chi connectivity index (χ2n) is 5.07. The average molecular weight is 214 g/mol. The summed E-state index contributed by atoms with van der Waals surface area (Å²) in [6.45, 7) is 6.65. The molecule has 0 spiro atoms. The monoisotopic (exact) mass is 214 g/mol. The number of hydrogen-bond acceptors (Lipinski definition) is 2. The molecule has 2 aromatic rings. The van der Waals surface area contributed by atoms with E-state index in [1.165, 1.54) is 16.3 Å². The van der Waals surface area contributed by atoms with Crippen LogP contribution < -0.4 is 5.32 Å². The molecule has 0 unspecified atom stereocenters. The van der Waals surface area contributed by atoms with Crippen LogP contribution >= 0.6 is 0 Å². The van der Waals surface area contributed by atoms with Crippen molar-refractivity contribution in [2.45, 2.75) is 26.2 Å². The first-order valence-corrected chi connectivity index (χ1v) is 5.60. The van der Waals surface area contributed by atoms with Crippen LogP contribution in [0.2, 0.25) is 0 Å². The van der Waals surface area contributed by atoms with E-state index in [1.807, 2.05) is 13.2 Å². The van der Waals surface area contributed by atoms with E-state index in [1.54, 1.807) is 0 Å². The highest BCUT2D eigenvalue weighted by Crippen LogP contribution is 2.31. The van der Waals surface area contributed by atoms with Crippen molar-refractivity contribution in [3.8, 4) is 0 Å². The first-order valence-electron chi connectivity index (χ1n) is 5.60. The van der Waals surface area contributed by atoms with Crippen molar-refractivity contribution in [3.05, 3.63) is 36.0 Å². The first kappa shape index (κ1) is 10.9. The van der Waals surface area contributed by atoms with Gasteiger partial charge in [-0.1, -0.05) is 45.0 Å². The Kier molecular flexibility index (Phi) is 2.58. The largest absolute Gasteiger partial charge is 0.373 e. The van der Waals surface area contributed by atoms with Crippen molar-refractivity contribution in [3.63, 3.8) is 0 Å². The quantitative estimate of drug-likeness (QED) is 0.785. The Bertz CT molecular complexity index is 510. The first-order chi connectivity index (χ1) is 7.54. The highest BCUT2D eigenvalue weighted by atomic mass is 15.0. The van der Waals surface area contributed by atoms with Crippen molar-refractivity contribution >= 4 is 16.6 Å². The number of nitrogens with one attached hydrogen (secondary N) is 1. The van der Waals surface area contributed by atoms with Gasteiger partial charge in [-0.15, -0.1) is 0 Å². The Labute approximate surface area is 96.7 Å². The summed E-state index contributed by atoms with van der Waals surface area (Å²) in [5.74, 6) is 0.948. The van der Waals surface area contributed by atoms with Crippen LogP contribution in [0.1, 0.15) is 26.3 Å². The molecule has 0 saturated heterocycles. The SMILES string of the molecule is CNc1ncc(C(C)(C)C)c2ccccc12. The maximum atomic E-state index is 4.48. The van der Waals surface area contributed by atoms with E-state index in [0.29, 0.717) is 0 Å². The number of pyridine rings is 1. The Morgan fingerprint density at radius 3 is 2.25 bits per heavy atom. The van der Waals surface area contributed by atoms with E-state index >= 15 is 0 Å². The molecular formula is C14H18N2. The molecule has 0 aliphatic carbocycles. The van der Waals surface area contributed by atoms with Gasteiger partial charge in [0.25, 0.3) is 0 Å². The van der Waals surface area contributed by atoms with Crippen LogP contribution in [-0.2, 0) is 5.41 Å². The standard InChI is InChI=1S/C14H18N2/c1-14(2,3)12-9-16-13(15-4)11-8-6-5-7-10(11)12/h5-9H,1-4H3,(H,15,16). The topological polar surface area (TPSA) is 24.9 Å². The highest BCUT2D eigenvalue weighted by molar-refractivity contribution is 5.94. The predicted octanol–water partition coefficient (Wildman–Crippen LogP) is 3.57. The van der Waals surface area contributed by atoms with E-state index in [0.717, 1.165) is 5.82 Å². The van der Waals surface area contributed by atoms with Crippen molar-refractivity contribution in [2.24, 2.45) is 0 Å². The lowest BCUT2D eigenvalue weighted by Crippen LogP contribution is -2.12. The Morgan fingerprint density at radius 1 is 1.06 bits per heavy atom. The van der Waals surface area contributed by atoms with Gasteiger partial charge >= 0.3 is 0 Å². The van der Waals surface area contributed by atoms with Crippen molar-refractivity contribution in [2.75, 3.05) is 12.4 Å². The van der Waals surface area contributed by atoms with Gasteiger partial charge in [-0.2, -0.15) is 0 Å². The lowest BCUT2D eigenvalue weighted by molar-refractivity contribution is 0.593. The minimum absolute atomic E-state index is 0.124. The maximum absolute atomic E-state index is 4.48. The Morgan fingerprint density at radius 2 is 1.69 bits per heavy atom. The molecular weight excluding hydrogens is 196 g/mol. The van der Waals surface area contributed by atoms with Crippen LogP contribution in [0.5, 0.6) is 0 Å². The number of aromatic nitrogens is 1. The van der Waals surface area contributed by atoms with E-state index in [9.17, 15) is 0 Å². The molecule has 16 heavy (non-hydrogen) atoms. The summed E-state index contributed by atoms with van der Waals surface area (Å²) in [6, 6.07) is 8.41. The number of fused-ring (bicyclic) bond motifs is 1. The third-order valence-electron chi connectivity index (χ3n) is 2.84. The fraction of sp³-hybridized carbons (Fsp3) is 0.357. The van der Waals surface area contributed by atoms with Crippen molar-refractivity contribution in [1.29, 1.82) is 0 Å². The molecule has 2 heteroatoms. The molecule has 1 N–H and O–H groups in total. The summed E-state index contributed by atoms with van der Waals surface area (Å²) < 4.78 is 0. The average Bonchev–Trinajstić information content (AvgIpc) is 2.26. The molecule has 0 aliphatic heterocycles. The molecule has 0 fully saturated rings. The maximum Gasteiger partial charge on any atom is 0.133 e. The van der Waals surface area contributed by atoms with Gasteiger partial charge in [0.2, 0.25) is 0 Å². The zero-order valence-electron chi connectivity index (χ0n) is 10.3. The predicted molar refractivity (Wildman–Crippen MR) is 70.0 cm³/mol. The summed E-state index contributed by atoms with van der Waals surface area (Å²) in [5, 5.41) is 5.62. The van der Waals surface area contributed by atoms with Crippen LogP contribution in [0.4, 0.5) is 5.82 Å². The van der Waals surface area contributed by atoms with Gasteiger partial charge < -0.3 is 5.32 Å². The minimum atomic E-state index is 0.124.